The van der Waals surface area contributed by atoms with E-state index < -0.39 is 0 Å². The van der Waals surface area contributed by atoms with Gasteiger partial charge in [0.15, 0.2) is 0 Å². The number of benzene rings is 2. The summed E-state index contributed by atoms with van der Waals surface area (Å²) in [5, 5.41) is 9.17. The third-order valence-electron chi connectivity index (χ3n) is 3.07. The van der Waals surface area contributed by atoms with E-state index in [1.165, 1.54) is 11.3 Å². The number of aliphatic hydroxyl groups is 1. The van der Waals surface area contributed by atoms with Gasteiger partial charge in [0.25, 0.3) is 0 Å². The van der Waals surface area contributed by atoms with Crippen LogP contribution in [-0.2, 0) is 6.61 Å². The quantitative estimate of drug-likeness (QED) is 0.926. The van der Waals surface area contributed by atoms with Gasteiger partial charge in [0.2, 0.25) is 0 Å². The molecule has 0 saturated carbocycles. The summed E-state index contributed by atoms with van der Waals surface area (Å²) in [5.74, 6) is 0. The molecular formula is C15H16BrNO. The second-order valence-electron chi connectivity index (χ2n) is 4.28. The zero-order chi connectivity index (χ0) is 13.1. The summed E-state index contributed by atoms with van der Waals surface area (Å²) < 4.78 is 0.933. The van der Waals surface area contributed by atoms with Crippen molar-refractivity contribution < 1.29 is 5.11 Å². The molecule has 0 aromatic heterocycles. The summed E-state index contributed by atoms with van der Waals surface area (Å²) in [6, 6.07) is 14.3. The number of halogens is 1. The maximum Gasteiger partial charge on any atom is 0.0692 e. The highest BCUT2D eigenvalue weighted by Crippen LogP contribution is 2.30. The number of aryl methyl sites for hydroxylation is 1. The molecule has 2 aromatic carbocycles. The van der Waals surface area contributed by atoms with Crippen molar-refractivity contribution in [2.24, 2.45) is 0 Å². The van der Waals surface area contributed by atoms with E-state index in [-0.39, 0.29) is 6.61 Å². The predicted octanol–water partition coefficient (Wildman–Crippen LogP) is 4.02. The number of anilines is 2. The lowest BCUT2D eigenvalue weighted by atomic mass is 10.1. The van der Waals surface area contributed by atoms with Crippen LogP contribution in [0.3, 0.4) is 0 Å². The zero-order valence-corrected chi connectivity index (χ0v) is 12.1. The molecule has 0 aliphatic carbocycles. The summed E-state index contributed by atoms with van der Waals surface area (Å²) in [7, 11) is 2.04. The van der Waals surface area contributed by atoms with Crippen LogP contribution in [0.1, 0.15) is 11.1 Å². The highest BCUT2D eigenvalue weighted by molar-refractivity contribution is 9.10. The first-order valence-electron chi connectivity index (χ1n) is 5.82. The summed E-state index contributed by atoms with van der Waals surface area (Å²) >= 11 is 3.48. The topological polar surface area (TPSA) is 23.5 Å². The zero-order valence-electron chi connectivity index (χ0n) is 10.5. The highest BCUT2D eigenvalue weighted by Gasteiger charge is 2.08. The second-order valence-corrected chi connectivity index (χ2v) is 5.13. The van der Waals surface area contributed by atoms with Gasteiger partial charge in [-0.05, 0) is 36.2 Å². The lowest BCUT2D eigenvalue weighted by Gasteiger charge is -2.22. The van der Waals surface area contributed by atoms with Gasteiger partial charge < -0.3 is 10.0 Å². The number of hydrogen-bond acceptors (Lipinski definition) is 2. The monoisotopic (exact) mass is 305 g/mol. The molecule has 2 nitrogen and oxygen atoms in total. The Bertz CT molecular complexity index is 554. The van der Waals surface area contributed by atoms with E-state index in [9.17, 15) is 0 Å². The van der Waals surface area contributed by atoms with Crippen molar-refractivity contribution in [1.29, 1.82) is 0 Å². The molecule has 0 aliphatic heterocycles. The van der Waals surface area contributed by atoms with Crippen LogP contribution in [0.25, 0.3) is 0 Å². The molecule has 18 heavy (non-hydrogen) atoms. The number of rotatable bonds is 3. The molecule has 94 valence electrons. The van der Waals surface area contributed by atoms with Gasteiger partial charge in [-0.25, -0.2) is 0 Å². The Kier molecular flexibility index (Phi) is 4.04. The Morgan fingerprint density at radius 1 is 1.17 bits per heavy atom. The van der Waals surface area contributed by atoms with Crippen LogP contribution >= 0.6 is 15.9 Å². The van der Waals surface area contributed by atoms with Crippen molar-refractivity contribution in [1.82, 2.24) is 0 Å². The van der Waals surface area contributed by atoms with Crippen molar-refractivity contribution in [2.45, 2.75) is 13.5 Å². The van der Waals surface area contributed by atoms with Crippen molar-refractivity contribution >= 4 is 27.3 Å². The van der Waals surface area contributed by atoms with Crippen molar-refractivity contribution in [3.05, 3.63) is 58.1 Å². The number of hydrogen-bond donors (Lipinski definition) is 1. The molecule has 0 aliphatic rings. The Morgan fingerprint density at radius 3 is 2.50 bits per heavy atom. The van der Waals surface area contributed by atoms with Crippen LogP contribution in [0, 0.1) is 6.92 Å². The van der Waals surface area contributed by atoms with Gasteiger partial charge in [-0.15, -0.1) is 0 Å². The minimum absolute atomic E-state index is 0.0505. The molecule has 2 rings (SSSR count). The van der Waals surface area contributed by atoms with Crippen LogP contribution in [0.15, 0.2) is 46.9 Å². The normalized spacial score (nSPS) is 10.4. The third kappa shape index (κ3) is 2.57. The molecule has 0 amide bonds. The van der Waals surface area contributed by atoms with Gasteiger partial charge >= 0.3 is 0 Å². The molecule has 3 heteroatoms. The van der Waals surface area contributed by atoms with Gasteiger partial charge in [-0.3, -0.25) is 0 Å². The minimum Gasteiger partial charge on any atom is -0.392 e. The van der Waals surface area contributed by atoms with Crippen molar-refractivity contribution in [3.63, 3.8) is 0 Å². The van der Waals surface area contributed by atoms with Crippen LogP contribution in [0.2, 0.25) is 0 Å². The molecule has 0 atom stereocenters. The summed E-state index contributed by atoms with van der Waals surface area (Å²) in [6.07, 6.45) is 0. The third-order valence-corrected chi connectivity index (χ3v) is 3.81. The van der Waals surface area contributed by atoms with E-state index in [2.05, 4.69) is 39.9 Å². The van der Waals surface area contributed by atoms with E-state index in [1.54, 1.807) is 0 Å². The first kappa shape index (κ1) is 13.1. The maximum atomic E-state index is 9.17. The Hall–Kier alpha value is -1.32. The predicted molar refractivity (Wildman–Crippen MR) is 79.3 cm³/mol. The molecule has 0 heterocycles. The van der Waals surface area contributed by atoms with Crippen LogP contribution in [-0.4, -0.2) is 12.2 Å². The summed E-state index contributed by atoms with van der Waals surface area (Å²) in [4.78, 5) is 2.14. The molecule has 2 aromatic rings. The Labute approximate surface area is 116 Å². The molecule has 0 spiro atoms. The van der Waals surface area contributed by atoms with Crippen molar-refractivity contribution in [2.75, 3.05) is 11.9 Å². The highest BCUT2D eigenvalue weighted by atomic mass is 79.9. The van der Waals surface area contributed by atoms with E-state index in [4.69, 9.17) is 5.11 Å². The largest absolute Gasteiger partial charge is 0.392 e. The minimum atomic E-state index is 0.0505. The Balaban J connectivity index is 2.37. The lowest BCUT2D eigenvalue weighted by Crippen LogP contribution is -2.10. The average Bonchev–Trinajstić information content (AvgIpc) is 2.38. The van der Waals surface area contributed by atoms with Gasteiger partial charge in [-0.2, -0.15) is 0 Å². The SMILES string of the molecule is Cc1ccccc1N(C)c1ccc(CO)c(Br)c1. The number of aliphatic hydroxyl groups excluding tert-OH is 1. The lowest BCUT2D eigenvalue weighted by molar-refractivity contribution is 0.281. The van der Waals surface area contributed by atoms with Gasteiger partial charge in [0.1, 0.15) is 0 Å². The molecule has 0 bridgehead atoms. The average molecular weight is 306 g/mol. The fourth-order valence-electron chi connectivity index (χ4n) is 1.95. The molecular weight excluding hydrogens is 290 g/mol. The molecule has 0 unspecified atom stereocenters. The van der Waals surface area contributed by atoms with E-state index in [1.807, 2.05) is 37.4 Å². The smallest absolute Gasteiger partial charge is 0.0692 e. The van der Waals surface area contributed by atoms with Gasteiger partial charge in [-0.1, -0.05) is 40.2 Å². The standard InChI is InChI=1S/C15H16BrNO/c1-11-5-3-4-6-15(11)17(2)13-8-7-12(10-18)14(16)9-13/h3-9,18H,10H2,1-2H3. The summed E-state index contributed by atoms with van der Waals surface area (Å²) in [5.41, 5.74) is 4.41. The van der Waals surface area contributed by atoms with Crippen LogP contribution in [0.4, 0.5) is 11.4 Å². The molecule has 0 radical (unpaired) electrons. The molecule has 1 N–H and O–H groups in total. The van der Waals surface area contributed by atoms with E-state index in [0.717, 1.165) is 15.7 Å². The first-order valence-corrected chi connectivity index (χ1v) is 6.61. The second kappa shape index (κ2) is 5.55. The van der Waals surface area contributed by atoms with Crippen LogP contribution < -0.4 is 4.90 Å². The van der Waals surface area contributed by atoms with E-state index in [0.29, 0.717) is 0 Å². The molecule has 0 saturated heterocycles. The number of para-hydroxylation sites is 1. The van der Waals surface area contributed by atoms with Crippen molar-refractivity contribution in [3.8, 4) is 0 Å². The Morgan fingerprint density at radius 2 is 1.89 bits per heavy atom. The van der Waals surface area contributed by atoms with E-state index >= 15 is 0 Å². The van der Waals surface area contributed by atoms with Crippen LogP contribution in [0.5, 0.6) is 0 Å². The maximum absolute atomic E-state index is 9.17. The summed E-state index contributed by atoms with van der Waals surface area (Å²) in [6.45, 7) is 2.15. The van der Waals surface area contributed by atoms with Gasteiger partial charge in [0.05, 0.1) is 6.61 Å². The van der Waals surface area contributed by atoms with Gasteiger partial charge in [0, 0.05) is 22.9 Å². The number of nitrogens with zero attached hydrogens (tertiary/aromatic N) is 1. The molecule has 0 fully saturated rings. The fraction of sp³-hybridized carbons (Fsp3) is 0.200. The fourth-order valence-corrected chi connectivity index (χ4v) is 2.44. The first-order chi connectivity index (χ1) is 8.63.